The van der Waals surface area contributed by atoms with Crippen molar-refractivity contribution in [3.05, 3.63) is 89.5 Å². The topological polar surface area (TPSA) is 152 Å². The van der Waals surface area contributed by atoms with Crippen molar-refractivity contribution in [3.63, 3.8) is 0 Å². The molecule has 4 aliphatic heterocycles. The van der Waals surface area contributed by atoms with E-state index in [4.69, 9.17) is 15.6 Å². The Morgan fingerprint density at radius 3 is 2.39 bits per heavy atom. The number of primary amides is 1. The summed E-state index contributed by atoms with van der Waals surface area (Å²) in [5.41, 5.74) is 9.54. The fraction of sp³-hybridized carbons (Fsp3) is 0.432. The van der Waals surface area contributed by atoms with Crippen LogP contribution < -0.4 is 21.1 Å². The first-order chi connectivity index (χ1) is 27.8. The summed E-state index contributed by atoms with van der Waals surface area (Å²) >= 11 is 1.80. The first kappa shape index (κ1) is 38.7. The van der Waals surface area contributed by atoms with Crippen LogP contribution in [0.3, 0.4) is 0 Å². The number of amides is 4. The first-order valence-corrected chi connectivity index (χ1v) is 21.4. The van der Waals surface area contributed by atoms with Crippen molar-refractivity contribution < 1.29 is 23.9 Å². The number of nitrogens with one attached hydrogen (secondary N) is 2. The van der Waals surface area contributed by atoms with Gasteiger partial charge in [0.25, 0.3) is 11.8 Å². The van der Waals surface area contributed by atoms with Crippen molar-refractivity contribution in [2.24, 2.45) is 11.7 Å². The van der Waals surface area contributed by atoms with E-state index >= 15 is 0 Å². The molecule has 57 heavy (non-hydrogen) atoms. The molecule has 0 saturated carbocycles. The van der Waals surface area contributed by atoms with Crippen molar-refractivity contribution >= 4 is 41.2 Å². The number of nitrogens with two attached hydrogens (primary N) is 1. The van der Waals surface area contributed by atoms with Gasteiger partial charge in [0.2, 0.25) is 11.8 Å². The molecule has 2 fully saturated rings. The lowest BCUT2D eigenvalue weighted by Crippen LogP contribution is -2.52. The Morgan fingerprint density at radius 1 is 0.860 bits per heavy atom. The molecule has 4 amide bonds. The predicted octanol–water partition coefficient (Wildman–Crippen LogP) is 7.01. The minimum atomic E-state index is -0.587. The number of fused-ring (bicyclic) bond motifs is 2. The minimum Gasteiger partial charge on any atom is -0.457 e. The van der Waals surface area contributed by atoms with Gasteiger partial charge in [-0.25, -0.2) is 4.68 Å². The number of anilines is 1. The maximum atomic E-state index is 13.1. The molecule has 0 radical (unpaired) electrons. The number of nitrogens with zero attached hydrogens (tertiary/aromatic N) is 4. The van der Waals surface area contributed by atoms with E-state index in [0.29, 0.717) is 41.5 Å². The predicted molar refractivity (Wildman–Crippen MR) is 220 cm³/mol. The van der Waals surface area contributed by atoms with Crippen molar-refractivity contribution in [2.75, 3.05) is 37.2 Å². The lowest BCUT2D eigenvalue weighted by atomic mass is 9.86. The number of imide groups is 1. The number of carbonyl (C=O) groups is 4. The van der Waals surface area contributed by atoms with E-state index in [9.17, 15) is 19.2 Å². The van der Waals surface area contributed by atoms with Crippen LogP contribution in [0, 0.1) is 5.92 Å². The Kier molecular flexibility index (Phi) is 11.9. The van der Waals surface area contributed by atoms with E-state index in [0.717, 1.165) is 85.2 Å². The number of ether oxygens (including phenoxy) is 1. The lowest BCUT2D eigenvalue weighted by Gasteiger charge is -2.38. The molecule has 2 unspecified atom stereocenters. The smallest absolute Gasteiger partial charge is 0.255 e. The lowest BCUT2D eigenvalue weighted by molar-refractivity contribution is -0.136. The molecule has 0 bridgehead atoms. The van der Waals surface area contributed by atoms with Crippen LogP contribution in [-0.2, 0) is 16.1 Å². The van der Waals surface area contributed by atoms with E-state index in [1.165, 1.54) is 25.7 Å². The number of likely N-dealkylation sites (tertiary alicyclic amines) is 1. The van der Waals surface area contributed by atoms with Gasteiger partial charge in [-0.2, -0.15) is 5.10 Å². The molecule has 1 aromatic heterocycles. The van der Waals surface area contributed by atoms with Crippen molar-refractivity contribution in [1.82, 2.24) is 24.9 Å². The van der Waals surface area contributed by atoms with Crippen LogP contribution in [0.4, 0.5) is 5.82 Å². The van der Waals surface area contributed by atoms with Gasteiger partial charge < -0.3 is 25.6 Å². The Balaban J connectivity index is 0.766. The quantitative estimate of drug-likeness (QED) is 0.0656. The number of piperidine rings is 2. The summed E-state index contributed by atoms with van der Waals surface area (Å²) in [5.74, 6) is 2.44. The number of hydrogen-bond donors (Lipinski definition) is 3. The number of hydrogen-bond acceptors (Lipinski definition) is 9. The van der Waals surface area contributed by atoms with Crippen LogP contribution in [0.25, 0.3) is 11.3 Å². The summed E-state index contributed by atoms with van der Waals surface area (Å²) in [6, 6.07) is 22.8. The largest absolute Gasteiger partial charge is 0.457 e. The Labute approximate surface area is 337 Å². The van der Waals surface area contributed by atoms with Crippen LogP contribution >= 0.6 is 11.8 Å². The average molecular weight is 790 g/mol. The second kappa shape index (κ2) is 17.6. The van der Waals surface area contributed by atoms with Gasteiger partial charge in [0, 0.05) is 35.5 Å². The van der Waals surface area contributed by atoms with Crippen LogP contribution in [0.15, 0.2) is 77.7 Å². The van der Waals surface area contributed by atoms with Gasteiger partial charge in [-0.15, -0.1) is 11.8 Å². The molecular weight excluding hydrogens is 739 g/mol. The van der Waals surface area contributed by atoms with Gasteiger partial charge in [0.05, 0.1) is 6.04 Å². The number of carbonyl (C=O) groups excluding carboxylic acids is 4. The maximum Gasteiger partial charge on any atom is 0.255 e. The van der Waals surface area contributed by atoms with Gasteiger partial charge in [-0.1, -0.05) is 43.5 Å². The number of thioether (sulfide) groups is 1. The zero-order valence-electron chi connectivity index (χ0n) is 32.3. The summed E-state index contributed by atoms with van der Waals surface area (Å²) in [6.07, 6.45) is 9.71. The van der Waals surface area contributed by atoms with E-state index in [1.54, 1.807) is 16.7 Å². The molecular formula is C44H51N7O5S. The minimum absolute atomic E-state index is 0.120. The third-order valence-electron chi connectivity index (χ3n) is 11.9. The molecule has 0 aliphatic carbocycles. The molecule has 12 nitrogen and oxygen atoms in total. The second-order valence-corrected chi connectivity index (χ2v) is 16.7. The van der Waals surface area contributed by atoms with Gasteiger partial charge in [0.15, 0.2) is 0 Å². The highest BCUT2D eigenvalue weighted by atomic mass is 32.2. The normalized spacial score (nSPS) is 19.9. The van der Waals surface area contributed by atoms with Crippen LogP contribution in [-0.4, -0.2) is 81.2 Å². The van der Waals surface area contributed by atoms with E-state index in [-0.39, 0.29) is 30.2 Å². The highest BCUT2D eigenvalue weighted by molar-refractivity contribution is 7.99. The summed E-state index contributed by atoms with van der Waals surface area (Å²) < 4.78 is 8.02. The molecule has 4 aliphatic rings. The summed E-state index contributed by atoms with van der Waals surface area (Å²) in [7, 11) is 0. The first-order valence-electron chi connectivity index (χ1n) is 20.5. The van der Waals surface area contributed by atoms with Gasteiger partial charge in [0.1, 0.15) is 34.6 Å². The molecule has 2 saturated heterocycles. The number of para-hydroxylation sites is 1. The molecule has 4 aromatic rings. The molecule has 13 heteroatoms. The SMILES string of the molecule is NC(=O)c1c(-c2ccc(Oc3ccccc3)cc2)nn2c1NCCC2C1CCN(CCCCCCCSc2cccc3c2CN(C2CCC(=O)NC2=O)C3=O)CC1. The fourth-order valence-corrected chi connectivity index (χ4v) is 9.98. The summed E-state index contributed by atoms with van der Waals surface area (Å²) in [4.78, 5) is 55.4. The molecule has 2 atom stereocenters. The number of aromatic nitrogens is 2. The molecule has 5 heterocycles. The average Bonchev–Trinajstić information content (AvgIpc) is 3.78. The van der Waals surface area contributed by atoms with Crippen molar-refractivity contribution in [1.29, 1.82) is 0 Å². The molecule has 4 N–H and O–H groups in total. The Bertz CT molecular complexity index is 2100. The van der Waals surface area contributed by atoms with Crippen molar-refractivity contribution in [3.8, 4) is 22.8 Å². The van der Waals surface area contributed by atoms with Gasteiger partial charge in [-0.05, 0) is 124 Å². The highest BCUT2D eigenvalue weighted by Gasteiger charge is 2.40. The van der Waals surface area contributed by atoms with Crippen LogP contribution in [0.5, 0.6) is 11.5 Å². The zero-order chi connectivity index (χ0) is 39.3. The van der Waals surface area contributed by atoms with E-state index in [1.807, 2.05) is 71.4 Å². The van der Waals surface area contributed by atoms with Crippen molar-refractivity contribution in [2.45, 2.75) is 87.7 Å². The van der Waals surface area contributed by atoms with E-state index in [2.05, 4.69) is 21.6 Å². The summed E-state index contributed by atoms with van der Waals surface area (Å²) in [5, 5.41) is 10.9. The van der Waals surface area contributed by atoms with Gasteiger partial charge >= 0.3 is 0 Å². The van der Waals surface area contributed by atoms with Crippen LogP contribution in [0.2, 0.25) is 0 Å². The van der Waals surface area contributed by atoms with Crippen LogP contribution in [0.1, 0.15) is 96.5 Å². The molecule has 3 aromatic carbocycles. The summed E-state index contributed by atoms with van der Waals surface area (Å²) in [6.45, 7) is 4.47. The number of unbranched alkanes of at least 4 members (excludes halogenated alkanes) is 4. The van der Waals surface area contributed by atoms with Gasteiger partial charge in [-0.3, -0.25) is 24.5 Å². The maximum absolute atomic E-state index is 13.1. The standard InChI is InChI=1S/C44H51N7O5S/c45-41(53)39-40(30-14-16-32(17-15-30)56-31-10-5-4-6-11-31)48-51-35(20-23-46-42(39)51)29-21-25-49(26-22-29)24-7-2-1-3-8-27-57-37-13-9-12-33-34(37)28-50(44(33)55)36-18-19-38(52)47-43(36)54/h4-6,9-17,29,35-36,46H,1-3,7-8,18-28H2,(H2,45,53)(H,47,52,54). The van der Waals surface area contributed by atoms with E-state index < -0.39 is 11.9 Å². The third kappa shape index (κ3) is 8.59. The molecule has 298 valence electrons. The highest BCUT2D eigenvalue weighted by Crippen LogP contribution is 2.40. The Hall–Kier alpha value is -5.14. The Morgan fingerprint density at radius 2 is 1.61 bits per heavy atom. The number of benzene rings is 3. The molecule has 0 spiro atoms. The third-order valence-corrected chi connectivity index (χ3v) is 13.1. The zero-order valence-corrected chi connectivity index (χ0v) is 33.1. The number of rotatable bonds is 15. The fourth-order valence-electron chi connectivity index (χ4n) is 8.88. The monoisotopic (exact) mass is 789 g/mol. The molecule has 8 rings (SSSR count). The second-order valence-electron chi connectivity index (χ2n) is 15.6.